The van der Waals surface area contributed by atoms with Crippen LogP contribution in [0.3, 0.4) is 0 Å². The van der Waals surface area contributed by atoms with Crippen molar-refractivity contribution < 1.29 is 0 Å². The van der Waals surface area contributed by atoms with Crippen LogP contribution in [0.2, 0.25) is 10.3 Å². The summed E-state index contributed by atoms with van der Waals surface area (Å²) in [5, 5.41) is 2.17. The molecule has 0 bridgehead atoms. The van der Waals surface area contributed by atoms with Crippen LogP contribution >= 0.6 is 23.2 Å². The normalized spacial score (nSPS) is 11.3. The van der Waals surface area contributed by atoms with Gasteiger partial charge in [-0.3, -0.25) is 0 Å². The minimum atomic E-state index is 0.369. The van der Waals surface area contributed by atoms with Gasteiger partial charge in [-0.15, -0.1) is 0 Å². The van der Waals surface area contributed by atoms with Crippen molar-refractivity contribution in [2.75, 3.05) is 0 Å². The van der Waals surface area contributed by atoms with Gasteiger partial charge in [0.05, 0.1) is 6.33 Å². The van der Waals surface area contributed by atoms with Gasteiger partial charge in [-0.1, -0.05) is 34.8 Å². The van der Waals surface area contributed by atoms with Crippen molar-refractivity contribution in [3.63, 3.8) is 0 Å². The number of aryl methyl sites for hydroxylation is 3. The molecule has 0 N–H and O–H groups in total. The molecule has 0 radical (unpaired) electrons. The highest BCUT2D eigenvalue weighted by Gasteiger charge is 2.06. The summed E-state index contributed by atoms with van der Waals surface area (Å²) < 4.78 is 4.14. The molecule has 3 nitrogen and oxygen atoms in total. The molecule has 3 aromatic rings. The van der Waals surface area contributed by atoms with Crippen molar-refractivity contribution in [1.82, 2.24) is 14.1 Å². The molecule has 2 aromatic heterocycles. The zero-order valence-corrected chi connectivity index (χ0v) is 12.7. The molecule has 104 valence electrons. The lowest BCUT2D eigenvalue weighted by Gasteiger charge is -2.07. The summed E-state index contributed by atoms with van der Waals surface area (Å²) in [6.45, 7) is 3.87. The highest BCUT2D eigenvalue weighted by Crippen LogP contribution is 2.21. The molecule has 3 rings (SSSR count). The fourth-order valence-corrected chi connectivity index (χ4v) is 2.75. The molecule has 0 spiro atoms. The maximum atomic E-state index is 6.04. The summed E-state index contributed by atoms with van der Waals surface area (Å²) in [5.74, 6) is 0. The Kier molecular flexibility index (Phi) is 3.72. The third-order valence-electron chi connectivity index (χ3n) is 3.46. The standard InChI is InChI=1S/C15H15Cl2N3/c1-11-3-4-13-12(9-11)5-8-19(13)6-2-7-20-10-18-14(16)15(20)17/h3-5,8-10H,2,6-7H2,1H3. The molecular weight excluding hydrogens is 293 g/mol. The third kappa shape index (κ3) is 2.56. The molecular formula is C15H15Cl2N3. The van der Waals surface area contributed by atoms with Crippen LogP contribution in [0.15, 0.2) is 36.8 Å². The minimum Gasteiger partial charge on any atom is -0.347 e. The molecule has 20 heavy (non-hydrogen) atoms. The smallest absolute Gasteiger partial charge is 0.166 e. The van der Waals surface area contributed by atoms with Crippen LogP contribution in [0, 0.1) is 6.92 Å². The van der Waals surface area contributed by atoms with E-state index in [4.69, 9.17) is 23.2 Å². The molecule has 0 saturated heterocycles. The first-order valence-electron chi connectivity index (χ1n) is 6.57. The first-order chi connectivity index (χ1) is 9.65. The summed E-state index contributed by atoms with van der Waals surface area (Å²) in [4.78, 5) is 3.98. The van der Waals surface area contributed by atoms with E-state index in [-0.39, 0.29) is 0 Å². The van der Waals surface area contributed by atoms with Crippen LogP contribution in [0.4, 0.5) is 0 Å². The third-order valence-corrected chi connectivity index (χ3v) is 4.23. The Balaban J connectivity index is 1.70. The average Bonchev–Trinajstić information content (AvgIpc) is 2.96. The van der Waals surface area contributed by atoms with Gasteiger partial charge in [0, 0.05) is 24.8 Å². The first-order valence-corrected chi connectivity index (χ1v) is 7.32. The number of rotatable bonds is 4. The maximum Gasteiger partial charge on any atom is 0.166 e. The molecule has 0 aliphatic carbocycles. The average molecular weight is 308 g/mol. The van der Waals surface area contributed by atoms with Crippen LogP contribution in [-0.4, -0.2) is 14.1 Å². The zero-order valence-electron chi connectivity index (χ0n) is 11.2. The van der Waals surface area contributed by atoms with Gasteiger partial charge in [0.15, 0.2) is 5.15 Å². The summed E-state index contributed by atoms with van der Waals surface area (Å²) in [7, 11) is 0. The second-order valence-electron chi connectivity index (χ2n) is 4.94. The van der Waals surface area contributed by atoms with E-state index in [9.17, 15) is 0 Å². The molecule has 0 aliphatic rings. The Bertz CT molecular complexity index is 743. The van der Waals surface area contributed by atoms with E-state index in [0.717, 1.165) is 19.5 Å². The van der Waals surface area contributed by atoms with Crippen LogP contribution in [0.25, 0.3) is 10.9 Å². The van der Waals surface area contributed by atoms with Crippen molar-refractivity contribution in [3.05, 3.63) is 52.7 Å². The lowest BCUT2D eigenvalue weighted by Crippen LogP contribution is -2.02. The van der Waals surface area contributed by atoms with Crippen molar-refractivity contribution >= 4 is 34.1 Å². The van der Waals surface area contributed by atoms with Crippen LogP contribution in [-0.2, 0) is 13.1 Å². The predicted molar refractivity (Wildman–Crippen MR) is 83.5 cm³/mol. The minimum absolute atomic E-state index is 0.369. The monoisotopic (exact) mass is 307 g/mol. The second kappa shape index (κ2) is 5.51. The number of hydrogen-bond acceptors (Lipinski definition) is 1. The number of aromatic nitrogens is 3. The van der Waals surface area contributed by atoms with Gasteiger partial charge < -0.3 is 9.13 Å². The van der Waals surface area contributed by atoms with Gasteiger partial charge in [0.2, 0.25) is 0 Å². The zero-order chi connectivity index (χ0) is 14.1. The van der Waals surface area contributed by atoms with E-state index < -0.39 is 0 Å². The molecule has 5 heteroatoms. The van der Waals surface area contributed by atoms with Gasteiger partial charge in [0.25, 0.3) is 0 Å². The van der Waals surface area contributed by atoms with E-state index in [2.05, 4.69) is 46.9 Å². The SMILES string of the molecule is Cc1ccc2c(ccn2CCCn2cnc(Cl)c2Cl)c1. The molecule has 0 saturated carbocycles. The molecule has 0 amide bonds. The number of fused-ring (bicyclic) bond motifs is 1. The van der Waals surface area contributed by atoms with E-state index in [1.54, 1.807) is 6.33 Å². The van der Waals surface area contributed by atoms with Crippen molar-refractivity contribution in [3.8, 4) is 0 Å². The molecule has 0 aliphatic heterocycles. The summed E-state index contributed by atoms with van der Waals surface area (Å²) >= 11 is 11.9. The van der Waals surface area contributed by atoms with Gasteiger partial charge in [0.1, 0.15) is 5.15 Å². The molecule has 2 heterocycles. The molecule has 0 atom stereocenters. The Labute approximate surface area is 127 Å². The highest BCUT2D eigenvalue weighted by atomic mass is 35.5. The van der Waals surface area contributed by atoms with Crippen molar-refractivity contribution in [2.24, 2.45) is 0 Å². The maximum absolute atomic E-state index is 6.04. The number of nitrogens with zero attached hydrogens (tertiary/aromatic N) is 3. The number of hydrogen-bond donors (Lipinski definition) is 0. The van der Waals surface area contributed by atoms with E-state index >= 15 is 0 Å². The molecule has 0 unspecified atom stereocenters. The Morgan fingerprint density at radius 2 is 1.90 bits per heavy atom. The fourth-order valence-electron chi connectivity index (χ4n) is 2.42. The van der Waals surface area contributed by atoms with Gasteiger partial charge >= 0.3 is 0 Å². The number of benzene rings is 1. The summed E-state index contributed by atoms with van der Waals surface area (Å²) in [5.41, 5.74) is 2.56. The fraction of sp³-hybridized carbons (Fsp3) is 0.267. The van der Waals surface area contributed by atoms with Crippen molar-refractivity contribution in [2.45, 2.75) is 26.4 Å². The van der Waals surface area contributed by atoms with Crippen LogP contribution in [0.5, 0.6) is 0 Å². The topological polar surface area (TPSA) is 22.8 Å². The summed E-state index contributed by atoms with van der Waals surface area (Å²) in [6.07, 6.45) is 4.79. The Hall–Kier alpha value is -1.45. The highest BCUT2D eigenvalue weighted by molar-refractivity contribution is 6.40. The van der Waals surface area contributed by atoms with E-state index in [1.165, 1.54) is 16.5 Å². The number of imidazole rings is 1. The first kappa shape index (κ1) is 13.5. The summed E-state index contributed by atoms with van der Waals surface area (Å²) in [6, 6.07) is 8.68. The molecule has 1 aromatic carbocycles. The quantitative estimate of drug-likeness (QED) is 0.693. The van der Waals surface area contributed by atoms with Crippen LogP contribution < -0.4 is 0 Å². The Morgan fingerprint density at radius 1 is 1.10 bits per heavy atom. The lowest BCUT2D eigenvalue weighted by molar-refractivity contribution is 0.574. The van der Waals surface area contributed by atoms with Gasteiger partial charge in [-0.05, 0) is 36.9 Å². The predicted octanol–water partition coefficient (Wildman–Crippen LogP) is 4.54. The molecule has 0 fully saturated rings. The Morgan fingerprint density at radius 3 is 2.65 bits per heavy atom. The van der Waals surface area contributed by atoms with Gasteiger partial charge in [-0.25, -0.2) is 4.98 Å². The van der Waals surface area contributed by atoms with E-state index in [0.29, 0.717) is 10.3 Å². The largest absolute Gasteiger partial charge is 0.347 e. The van der Waals surface area contributed by atoms with Crippen molar-refractivity contribution in [1.29, 1.82) is 0 Å². The van der Waals surface area contributed by atoms with Crippen LogP contribution in [0.1, 0.15) is 12.0 Å². The lowest BCUT2D eigenvalue weighted by atomic mass is 10.2. The second-order valence-corrected chi connectivity index (χ2v) is 5.66. The van der Waals surface area contributed by atoms with E-state index in [1.807, 2.05) is 4.57 Å². The number of halogens is 2. The van der Waals surface area contributed by atoms with Gasteiger partial charge in [-0.2, -0.15) is 0 Å².